The van der Waals surface area contributed by atoms with E-state index < -0.39 is 10.4 Å². The maximum atomic E-state index is 10.2. The second-order valence-electron chi connectivity index (χ2n) is 2.49. The molecule has 1 atom stereocenters. The van der Waals surface area contributed by atoms with Crippen LogP contribution in [0.1, 0.15) is 5.56 Å². The molecule has 6 heteroatoms. The van der Waals surface area contributed by atoms with Crippen molar-refractivity contribution in [3.05, 3.63) is 35.9 Å². The topological polar surface area (TPSA) is 63.6 Å². The van der Waals surface area contributed by atoms with Crippen LogP contribution in [0.25, 0.3) is 0 Å². The minimum Gasteiger partial charge on any atom is -0.264 e. The monoisotopic (exact) mass is 236 g/mol. The highest BCUT2D eigenvalue weighted by Gasteiger charge is 2.02. The Morgan fingerprint density at radius 2 is 1.79 bits per heavy atom. The average Bonchev–Trinajstić information content (AvgIpc) is 2.04. The molecule has 0 amide bonds. The highest BCUT2D eigenvalue weighted by Crippen LogP contribution is 2.00. The van der Waals surface area contributed by atoms with Gasteiger partial charge in [-0.2, -0.15) is 18.3 Å². The van der Waals surface area contributed by atoms with E-state index in [1.807, 2.05) is 30.3 Å². The molecule has 1 aromatic rings. The van der Waals surface area contributed by atoms with Crippen LogP contribution in [0, 0.1) is 0 Å². The molecule has 0 aliphatic heterocycles. The molecule has 4 nitrogen and oxygen atoms in total. The summed E-state index contributed by atoms with van der Waals surface area (Å²) < 4.78 is 32.7. The molecule has 0 fully saturated rings. The average molecular weight is 236 g/mol. The van der Waals surface area contributed by atoms with Crippen LogP contribution < -0.4 is 0 Å². The summed E-state index contributed by atoms with van der Waals surface area (Å²) in [6.07, 6.45) is 0.459. The molecule has 14 heavy (non-hydrogen) atoms. The number of benzene rings is 1. The molecule has 1 aromatic carbocycles. The number of rotatable bonds is 4. The molecular formula is C8H13O4PS. The van der Waals surface area contributed by atoms with Gasteiger partial charge in [0.15, 0.2) is 0 Å². The predicted molar refractivity (Wildman–Crippen MR) is 58.8 cm³/mol. The van der Waals surface area contributed by atoms with Crippen LogP contribution in [-0.4, -0.2) is 19.6 Å². The summed E-state index contributed by atoms with van der Waals surface area (Å²) in [5, 5.41) is 0. The first-order valence-electron chi connectivity index (χ1n) is 3.74. The third-order valence-corrected chi connectivity index (χ3v) is 1.93. The molecule has 0 bridgehead atoms. The zero-order chi connectivity index (χ0) is 9.73. The van der Waals surface area contributed by atoms with Crippen LogP contribution in [0.2, 0.25) is 0 Å². The van der Waals surface area contributed by atoms with Crippen LogP contribution in [0.4, 0.5) is 0 Å². The Balaban J connectivity index is 0.00000169. The lowest BCUT2D eigenvalue weighted by Gasteiger charge is -1.99. The van der Waals surface area contributed by atoms with Crippen LogP contribution in [0.15, 0.2) is 30.3 Å². The van der Waals surface area contributed by atoms with Crippen molar-refractivity contribution in [3.8, 4) is 0 Å². The lowest BCUT2D eigenvalue weighted by molar-refractivity contribution is 0.272. The van der Waals surface area contributed by atoms with Crippen molar-refractivity contribution >= 4 is 20.3 Å². The molecule has 1 unspecified atom stereocenters. The molecule has 0 saturated heterocycles. The van der Waals surface area contributed by atoms with E-state index in [1.54, 1.807) is 0 Å². The standard InChI is InChI=1S/C8H10O4S.H3P/c9-13(10,11)12-7-6-8-4-2-1-3-5-8;/h1-5H,6-7H2,(H,9,10,11);1H3. The van der Waals surface area contributed by atoms with E-state index in [2.05, 4.69) is 4.18 Å². The Morgan fingerprint density at radius 1 is 1.21 bits per heavy atom. The molecule has 0 aliphatic carbocycles. The highest BCUT2D eigenvalue weighted by atomic mass is 32.3. The van der Waals surface area contributed by atoms with Gasteiger partial charge in [-0.25, -0.2) is 4.18 Å². The number of hydrogen-bond donors (Lipinski definition) is 1. The zero-order valence-corrected chi connectivity index (χ0v) is 9.82. The van der Waals surface area contributed by atoms with Crippen molar-refractivity contribution in [2.24, 2.45) is 0 Å². The first kappa shape index (κ1) is 13.5. The van der Waals surface area contributed by atoms with Crippen molar-refractivity contribution in [2.45, 2.75) is 6.42 Å². The van der Waals surface area contributed by atoms with Crippen molar-refractivity contribution in [1.29, 1.82) is 0 Å². The van der Waals surface area contributed by atoms with E-state index >= 15 is 0 Å². The van der Waals surface area contributed by atoms with Gasteiger partial charge in [0.2, 0.25) is 0 Å². The molecule has 1 N–H and O–H groups in total. The summed E-state index contributed by atoms with van der Waals surface area (Å²) in [6, 6.07) is 9.28. The van der Waals surface area contributed by atoms with Gasteiger partial charge in [0.25, 0.3) is 0 Å². The largest absolute Gasteiger partial charge is 0.397 e. The minimum atomic E-state index is -4.29. The third kappa shape index (κ3) is 6.05. The first-order chi connectivity index (χ1) is 6.08. The van der Waals surface area contributed by atoms with Crippen LogP contribution in [0.5, 0.6) is 0 Å². The molecule has 0 saturated carbocycles. The molecule has 0 spiro atoms. The normalized spacial score (nSPS) is 10.6. The van der Waals surface area contributed by atoms with Gasteiger partial charge in [-0.1, -0.05) is 30.3 Å². The summed E-state index contributed by atoms with van der Waals surface area (Å²) in [5.74, 6) is 0. The molecular weight excluding hydrogens is 223 g/mol. The van der Waals surface area contributed by atoms with E-state index in [0.29, 0.717) is 6.42 Å². The molecule has 0 aromatic heterocycles. The van der Waals surface area contributed by atoms with Gasteiger partial charge in [-0.05, 0) is 12.0 Å². The smallest absolute Gasteiger partial charge is 0.264 e. The van der Waals surface area contributed by atoms with Gasteiger partial charge >= 0.3 is 10.4 Å². The Bertz CT molecular complexity index is 349. The van der Waals surface area contributed by atoms with Crippen LogP contribution in [0.3, 0.4) is 0 Å². The molecule has 0 aliphatic rings. The molecule has 80 valence electrons. The van der Waals surface area contributed by atoms with Gasteiger partial charge in [0.05, 0.1) is 6.61 Å². The van der Waals surface area contributed by atoms with Crippen LogP contribution >= 0.6 is 9.90 Å². The second-order valence-corrected chi connectivity index (χ2v) is 3.58. The molecule has 0 heterocycles. The van der Waals surface area contributed by atoms with E-state index in [1.165, 1.54) is 0 Å². The Labute approximate surface area is 86.9 Å². The fourth-order valence-corrected chi connectivity index (χ4v) is 1.20. The summed E-state index contributed by atoms with van der Waals surface area (Å²) in [4.78, 5) is 0. The Hall–Kier alpha value is -0.480. The van der Waals surface area contributed by atoms with Gasteiger partial charge in [0, 0.05) is 0 Å². The Kier molecular flexibility index (Phi) is 5.88. The third-order valence-electron chi connectivity index (χ3n) is 1.47. The maximum absolute atomic E-state index is 10.2. The fraction of sp³-hybridized carbons (Fsp3) is 0.250. The predicted octanol–water partition coefficient (Wildman–Crippen LogP) is 1.11. The van der Waals surface area contributed by atoms with Crippen molar-refractivity contribution in [2.75, 3.05) is 6.61 Å². The van der Waals surface area contributed by atoms with Crippen LogP contribution in [-0.2, 0) is 21.0 Å². The van der Waals surface area contributed by atoms with E-state index in [-0.39, 0.29) is 16.5 Å². The van der Waals surface area contributed by atoms with Crippen molar-refractivity contribution < 1.29 is 17.2 Å². The highest BCUT2D eigenvalue weighted by molar-refractivity contribution is 7.80. The quantitative estimate of drug-likeness (QED) is 0.628. The van der Waals surface area contributed by atoms with Gasteiger partial charge < -0.3 is 0 Å². The van der Waals surface area contributed by atoms with E-state index in [0.717, 1.165) is 5.56 Å². The summed E-state index contributed by atoms with van der Waals surface area (Å²) in [7, 11) is -4.29. The minimum absolute atomic E-state index is 0. The van der Waals surface area contributed by atoms with Crippen molar-refractivity contribution in [3.63, 3.8) is 0 Å². The first-order valence-corrected chi connectivity index (χ1v) is 5.10. The zero-order valence-electron chi connectivity index (χ0n) is 7.59. The molecule has 1 rings (SSSR count). The maximum Gasteiger partial charge on any atom is 0.397 e. The van der Waals surface area contributed by atoms with E-state index in [9.17, 15) is 8.42 Å². The SMILES string of the molecule is O=S(=O)(O)OCCc1ccccc1.P. The summed E-state index contributed by atoms with van der Waals surface area (Å²) in [5.41, 5.74) is 0.964. The van der Waals surface area contributed by atoms with E-state index in [4.69, 9.17) is 4.55 Å². The second kappa shape index (κ2) is 6.09. The van der Waals surface area contributed by atoms with Crippen molar-refractivity contribution in [1.82, 2.24) is 0 Å². The fourth-order valence-electron chi connectivity index (χ4n) is 0.910. The summed E-state index contributed by atoms with van der Waals surface area (Å²) >= 11 is 0. The van der Waals surface area contributed by atoms with Gasteiger partial charge in [0.1, 0.15) is 0 Å². The Morgan fingerprint density at radius 3 is 2.29 bits per heavy atom. The van der Waals surface area contributed by atoms with Gasteiger partial charge in [-0.15, -0.1) is 0 Å². The lowest BCUT2D eigenvalue weighted by atomic mass is 10.2. The summed E-state index contributed by atoms with van der Waals surface area (Å²) in [6.45, 7) is -0.0388. The van der Waals surface area contributed by atoms with Gasteiger partial charge in [-0.3, -0.25) is 4.55 Å². The molecule has 0 radical (unpaired) electrons. The lowest BCUT2D eigenvalue weighted by Crippen LogP contribution is -2.06. The number of hydrogen-bond acceptors (Lipinski definition) is 3.